The molecule has 1 aliphatic rings. The molecule has 0 aliphatic carbocycles. The van der Waals surface area contributed by atoms with Gasteiger partial charge in [-0.15, -0.1) is 0 Å². The molecule has 1 aliphatic heterocycles. The molecular formula is C16H26N2. The molecule has 1 aromatic rings. The Bertz CT molecular complexity index is 354. The predicted octanol–water partition coefficient (Wildman–Crippen LogP) is 3.74. The topological polar surface area (TPSA) is 15.3 Å². The summed E-state index contributed by atoms with van der Waals surface area (Å²) >= 11 is 0. The number of hydrogen-bond donors (Lipinski definition) is 1. The van der Waals surface area contributed by atoms with Crippen molar-refractivity contribution in [1.82, 2.24) is 5.32 Å². The van der Waals surface area contributed by atoms with Gasteiger partial charge in [0.2, 0.25) is 0 Å². The second-order valence-corrected chi connectivity index (χ2v) is 5.28. The second-order valence-electron chi connectivity index (χ2n) is 5.28. The van der Waals surface area contributed by atoms with Crippen LogP contribution >= 0.6 is 0 Å². The SMILES string of the molecule is CCNC(C)c1cccc(N2CCCCCC2)c1. The molecule has 18 heavy (non-hydrogen) atoms. The van der Waals surface area contributed by atoms with E-state index in [2.05, 4.69) is 48.3 Å². The number of nitrogens with one attached hydrogen (secondary N) is 1. The van der Waals surface area contributed by atoms with Crippen molar-refractivity contribution in [2.24, 2.45) is 0 Å². The van der Waals surface area contributed by atoms with Crippen molar-refractivity contribution in [3.05, 3.63) is 29.8 Å². The largest absolute Gasteiger partial charge is 0.372 e. The van der Waals surface area contributed by atoms with Gasteiger partial charge in [0.15, 0.2) is 0 Å². The molecule has 0 aromatic heterocycles. The standard InChI is InChI=1S/C16H26N2/c1-3-17-14(2)15-9-8-10-16(13-15)18-11-6-4-5-7-12-18/h8-10,13-14,17H,3-7,11-12H2,1-2H3. The van der Waals surface area contributed by atoms with Gasteiger partial charge in [-0.3, -0.25) is 0 Å². The Morgan fingerprint density at radius 2 is 1.89 bits per heavy atom. The van der Waals surface area contributed by atoms with Gasteiger partial charge in [-0.25, -0.2) is 0 Å². The molecule has 1 atom stereocenters. The van der Waals surface area contributed by atoms with Gasteiger partial charge in [0.05, 0.1) is 0 Å². The quantitative estimate of drug-likeness (QED) is 0.870. The summed E-state index contributed by atoms with van der Waals surface area (Å²) in [5.74, 6) is 0. The minimum absolute atomic E-state index is 0.446. The van der Waals surface area contributed by atoms with Crippen molar-refractivity contribution in [3.63, 3.8) is 0 Å². The Kier molecular flexibility index (Phi) is 5.06. The van der Waals surface area contributed by atoms with E-state index in [4.69, 9.17) is 0 Å². The van der Waals surface area contributed by atoms with E-state index in [1.165, 1.54) is 50.0 Å². The van der Waals surface area contributed by atoms with Crippen LogP contribution in [0.25, 0.3) is 0 Å². The van der Waals surface area contributed by atoms with Gasteiger partial charge in [-0.05, 0) is 44.0 Å². The molecule has 0 bridgehead atoms. The average Bonchev–Trinajstić information content (AvgIpc) is 2.68. The minimum atomic E-state index is 0.446. The summed E-state index contributed by atoms with van der Waals surface area (Å²) in [6, 6.07) is 9.49. The van der Waals surface area contributed by atoms with Gasteiger partial charge < -0.3 is 10.2 Å². The maximum atomic E-state index is 3.49. The molecule has 2 heteroatoms. The third kappa shape index (κ3) is 3.49. The molecule has 2 rings (SSSR count). The predicted molar refractivity (Wildman–Crippen MR) is 79.2 cm³/mol. The van der Waals surface area contributed by atoms with E-state index >= 15 is 0 Å². The first-order valence-corrected chi connectivity index (χ1v) is 7.39. The van der Waals surface area contributed by atoms with Crippen molar-refractivity contribution in [2.75, 3.05) is 24.5 Å². The number of nitrogens with zero attached hydrogens (tertiary/aromatic N) is 1. The van der Waals surface area contributed by atoms with Crippen LogP contribution in [0.3, 0.4) is 0 Å². The van der Waals surface area contributed by atoms with E-state index < -0.39 is 0 Å². The van der Waals surface area contributed by atoms with Crippen molar-refractivity contribution >= 4 is 5.69 Å². The zero-order valence-electron chi connectivity index (χ0n) is 11.8. The lowest BCUT2D eigenvalue weighted by molar-refractivity contribution is 0.598. The monoisotopic (exact) mass is 246 g/mol. The highest BCUT2D eigenvalue weighted by atomic mass is 15.1. The van der Waals surface area contributed by atoms with Gasteiger partial charge in [0.1, 0.15) is 0 Å². The van der Waals surface area contributed by atoms with Crippen molar-refractivity contribution < 1.29 is 0 Å². The molecule has 1 heterocycles. The van der Waals surface area contributed by atoms with Crippen molar-refractivity contribution in [2.45, 2.75) is 45.6 Å². The second kappa shape index (κ2) is 6.79. The van der Waals surface area contributed by atoms with E-state index in [9.17, 15) is 0 Å². The summed E-state index contributed by atoms with van der Waals surface area (Å²) in [5.41, 5.74) is 2.80. The summed E-state index contributed by atoms with van der Waals surface area (Å²) in [6.45, 7) is 7.87. The summed E-state index contributed by atoms with van der Waals surface area (Å²) in [5, 5.41) is 3.49. The Morgan fingerprint density at radius 1 is 1.17 bits per heavy atom. The number of benzene rings is 1. The number of hydrogen-bond acceptors (Lipinski definition) is 2. The third-order valence-corrected chi connectivity index (χ3v) is 3.85. The van der Waals surface area contributed by atoms with E-state index in [-0.39, 0.29) is 0 Å². The fourth-order valence-corrected chi connectivity index (χ4v) is 2.74. The van der Waals surface area contributed by atoms with E-state index in [0.717, 1.165) is 6.54 Å². The molecule has 1 fully saturated rings. The van der Waals surface area contributed by atoms with Gasteiger partial charge in [-0.2, -0.15) is 0 Å². The first-order chi connectivity index (χ1) is 8.81. The molecule has 0 spiro atoms. The number of anilines is 1. The number of rotatable bonds is 4. The third-order valence-electron chi connectivity index (χ3n) is 3.85. The summed E-state index contributed by atoms with van der Waals surface area (Å²) < 4.78 is 0. The van der Waals surface area contributed by atoms with Crippen LogP contribution in [0.4, 0.5) is 5.69 Å². The zero-order valence-corrected chi connectivity index (χ0v) is 11.8. The molecule has 100 valence electrons. The van der Waals surface area contributed by atoms with Crippen LogP contribution in [-0.2, 0) is 0 Å². The Hall–Kier alpha value is -1.02. The molecule has 1 N–H and O–H groups in total. The smallest absolute Gasteiger partial charge is 0.0369 e. The van der Waals surface area contributed by atoms with Crippen molar-refractivity contribution in [1.29, 1.82) is 0 Å². The van der Waals surface area contributed by atoms with Gasteiger partial charge in [0.25, 0.3) is 0 Å². The van der Waals surface area contributed by atoms with E-state index in [1.54, 1.807) is 0 Å². The van der Waals surface area contributed by atoms with E-state index in [1.807, 2.05) is 0 Å². The summed E-state index contributed by atoms with van der Waals surface area (Å²) in [4.78, 5) is 2.55. The molecule has 0 saturated carbocycles. The highest BCUT2D eigenvalue weighted by Gasteiger charge is 2.11. The normalized spacial score (nSPS) is 18.4. The summed E-state index contributed by atoms with van der Waals surface area (Å²) in [7, 11) is 0. The Labute approximate surface area is 111 Å². The summed E-state index contributed by atoms with van der Waals surface area (Å²) in [6.07, 6.45) is 5.47. The molecule has 1 saturated heterocycles. The van der Waals surface area contributed by atoms with Gasteiger partial charge >= 0.3 is 0 Å². The van der Waals surface area contributed by atoms with Crippen LogP contribution in [0.1, 0.15) is 51.1 Å². The van der Waals surface area contributed by atoms with Crippen LogP contribution in [0.2, 0.25) is 0 Å². The molecule has 1 unspecified atom stereocenters. The van der Waals surface area contributed by atoms with Crippen LogP contribution in [0, 0.1) is 0 Å². The maximum absolute atomic E-state index is 3.49. The van der Waals surface area contributed by atoms with Crippen LogP contribution in [-0.4, -0.2) is 19.6 Å². The fourth-order valence-electron chi connectivity index (χ4n) is 2.74. The van der Waals surface area contributed by atoms with Gasteiger partial charge in [-0.1, -0.05) is 31.9 Å². The Balaban J connectivity index is 2.10. The van der Waals surface area contributed by atoms with Crippen molar-refractivity contribution in [3.8, 4) is 0 Å². The maximum Gasteiger partial charge on any atom is 0.0369 e. The fraction of sp³-hybridized carbons (Fsp3) is 0.625. The first-order valence-electron chi connectivity index (χ1n) is 7.39. The van der Waals surface area contributed by atoms with Crippen LogP contribution in [0.5, 0.6) is 0 Å². The minimum Gasteiger partial charge on any atom is -0.372 e. The van der Waals surface area contributed by atoms with Crippen LogP contribution in [0.15, 0.2) is 24.3 Å². The lowest BCUT2D eigenvalue weighted by Gasteiger charge is -2.24. The molecule has 1 aromatic carbocycles. The average molecular weight is 246 g/mol. The molecular weight excluding hydrogens is 220 g/mol. The lowest BCUT2D eigenvalue weighted by atomic mass is 10.1. The van der Waals surface area contributed by atoms with E-state index in [0.29, 0.717) is 6.04 Å². The molecule has 0 amide bonds. The molecule has 2 nitrogen and oxygen atoms in total. The van der Waals surface area contributed by atoms with Crippen LogP contribution < -0.4 is 10.2 Å². The first kappa shape index (κ1) is 13.4. The zero-order chi connectivity index (χ0) is 12.8. The highest BCUT2D eigenvalue weighted by molar-refractivity contribution is 5.49. The molecule has 0 radical (unpaired) electrons. The van der Waals surface area contributed by atoms with Gasteiger partial charge in [0, 0.05) is 24.8 Å². The Morgan fingerprint density at radius 3 is 2.56 bits per heavy atom. The highest BCUT2D eigenvalue weighted by Crippen LogP contribution is 2.23. The lowest BCUT2D eigenvalue weighted by Crippen LogP contribution is -2.24.